The van der Waals surface area contributed by atoms with Crippen LogP contribution < -0.4 is 5.32 Å². The Kier molecular flexibility index (Phi) is 2.81. The van der Waals surface area contributed by atoms with Gasteiger partial charge in [-0.3, -0.25) is 14.5 Å². The SMILES string of the molecule is CC(=O)C(C)N1CCNC(=O)C1. The summed E-state index contributed by atoms with van der Waals surface area (Å²) in [5.74, 6) is 0.124. The van der Waals surface area contributed by atoms with Gasteiger partial charge in [0.15, 0.2) is 0 Å². The van der Waals surface area contributed by atoms with Crippen LogP contribution in [0.3, 0.4) is 0 Å². The number of Topliss-reactive ketones (excluding diaryl/α,β-unsaturated/α-hetero) is 1. The van der Waals surface area contributed by atoms with Gasteiger partial charge in [-0.25, -0.2) is 0 Å². The molecule has 1 rings (SSSR count). The number of rotatable bonds is 2. The number of hydrogen-bond acceptors (Lipinski definition) is 3. The van der Waals surface area contributed by atoms with E-state index >= 15 is 0 Å². The van der Waals surface area contributed by atoms with E-state index in [9.17, 15) is 9.59 Å². The fraction of sp³-hybridized carbons (Fsp3) is 0.750. The van der Waals surface area contributed by atoms with Crippen LogP contribution in [-0.4, -0.2) is 42.3 Å². The molecule has 4 nitrogen and oxygen atoms in total. The van der Waals surface area contributed by atoms with Gasteiger partial charge in [0.05, 0.1) is 12.6 Å². The fourth-order valence-electron chi connectivity index (χ4n) is 1.25. The van der Waals surface area contributed by atoms with E-state index in [-0.39, 0.29) is 17.7 Å². The summed E-state index contributed by atoms with van der Waals surface area (Å²) >= 11 is 0. The quantitative estimate of drug-likeness (QED) is 0.602. The van der Waals surface area contributed by atoms with Crippen LogP contribution in [0.5, 0.6) is 0 Å². The van der Waals surface area contributed by atoms with Gasteiger partial charge in [0, 0.05) is 13.1 Å². The van der Waals surface area contributed by atoms with E-state index in [0.29, 0.717) is 13.1 Å². The zero-order valence-electron chi connectivity index (χ0n) is 7.46. The van der Waals surface area contributed by atoms with Crippen molar-refractivity contribution in [3.05, 3.63) is 0 Å². The highest BCUT2D eigenvalue weighted by Gasteiger charge is 2.23. The van der Waals surface area contributed by atoms with Crippen LogP contribution in [0.15, 0.2) is 0 Å². The van der Waals surface area contributed by atoms with E-state index in [1.54, 1.807) is 6.92 Å². The summed E-state index contributed by atoms with van der Waals surface area (Å²) in [6.07, 6.45) is 0. The third-order valence-corrected chi connectivity index (χ3v) is 2.20. The number of carbonyl (C=O) groups is 2. The molecule has 1 fully saturated rings. The molecular formula is C8H14N2O2. The van der Waals surface area contributed by atoms with Crippen LogP contribution in [0.1, 0.15) is 13.8 Å². The molecule has 12 heavy (non-hydrogen) atoms. The number of piperazine rings is 1. The van der Waals surface area contributed by atoms with E-state index in [1.165, 1.54) is 0 Å². The van der Waals surface area contributed by atoms with E-state index < -0.39 is 0 Å². The first kappa shape index (κ1) is 9.19. The number of nitrogens with one attached hydrogen (secondary N) is 1. The number of ketones is 1. The molecule has 1 aliphatic heterocycles. The lowest BCUT2D eigenvalue weighted by atomic mass is 10.2. The van der Waals surface area contributed by atoms with Gasteiger partial charge in [0.25, 0.3) is 0 Å². The van der Waals surface area contributed by atoms with Gasteiger partial charge in [-0.15, -0.1) is 0 Å². The Morgan fingerprint density at radius 1 is 1.67 bits per heavy atom. The van der Waals surface area contributed by atoms with Crippen molar-refractivity contribution >= 4 is 11.7 Å². The summed E-state index contributed by atoms with van der Waals surface area (Å²) < 4.78 is 0. The van der Waals surface area contributed by atoms with Crippen LogP contribution in [0.2, 0.25) is 0 Å². The maximum atomic E-state index is 11.0. The van der Waals surface area contributed by atoms with Gasteiger partial charge < -0.3 is 5.32 Å². The first-order valence-corrected chi connectivity index (χ1v) is 4.12. The molecule has 0 aromatic carbocycles. The normalized spacial score (nSPS) is 21.7. The molecule has 0 aliphatic carbocycles. The molecule has 1 aliphatic rings. The largest absolute Gasteiger partial charge is 0.354 e. The van der Waals surface area contributed by atoms with E-state index in [2.05, 4.69) is 5.32 Å². The van der Waals surface area contributed by atoms with Crippen molar-refractivity contribution in [1.29, 1.82) is 0 Å². The minimum Gasteiger partial charge on any atom is -0.354 e. The molecule has 68 valence electrons. The highest BCUT2D eigenvalue weighted by molar-refractivity contribution is 5.83. The molecule has 0 aromatic heterocycles. The number of carbonyl (C=O) groups excluding carboxylic acids is 2. The molecule has 0 saturated carbocycles. The molecule has 1 saturated heterocycles. The molecule has 0 aromatic rings. The van der Waals surface area contributed by atoms with Crippen molar-refractivity contribution in [2.45, 2.75) is 19.9 Å². The Balaban J connectivity index is 2.51. The molecule has 0 bridgehead atoms. The minimum absolute atomic E-state index is 0.00866. The molecule has 1 unspecified atom stereocenters. The lowest BCUT2D eigenvalue weighted by Gasteiger charge is -2.30. The molecular weight excluding hydrogens is 156 g/mol. The summed E-state index contributed by atoms with van der Waals surface area (Å²) in [7, 11) is 0. The number of hydrogen-bond donors (Lipinski definition) is 1. The maximum Gasteiger partial charge on any atom is 0.234 e. The van der Waals surface area contributed by atoms with Crippen molar-refractivity contribution in [3.63, 3.8) is 0 Å². The molecule has 0 radical (unpaired) electrons. The highest BCUT2D eigenvalue weighted by atomic mass is 16.2. The first-order valence-electron chi connectivity index (χ1n) is 4.12. The van der Waals surface area contributed by atoms with Crippen molar-refractivity contribution in [2.24, 2.45) is 0 Å². The molecule has 0 spiro atoms. The maximum absolute atomic E-state index is 11.0. The third kappa shape index (κ3) is 2.04. The predicted octanol–water partition coefficient (Wildman–Crippen LogP) is -0.604. The highest BCUT2D eigenvalue weighted by Crippen LogP contribution is 2.01. The molecule has 1 atom stereocenters. The monoisotopic (exact) mass is 170 g/mol. The summed E-state index contributed by atoms with van der Waals surface area (Å²) in [6.45, 7) is 5.15. The van der Waals surface area contributed by atoms with Crippen molar-refractivity contribution in [2.75, 3.05) is 19.6 Å². The zero-order chi connectivity index (χ0) is 9.14. The van der Waals surface area contributed by atoms with Gasteiger partial charge in [-0.1, -0.05) is 0 Å². The number of nitrogens with zero attached hydrogens (tertiary/aromatic N) is 1. The second-order valence-electron chi connectivity index (χ2n) is 3.11. The van der Waals surface area contributed by atoms with Crippen LogP contribution >= 0.6 is 0 Å². The fourth-order valence-corrected chi connectivity index (χ4v) is 1.25. The Labute approximate surface area is 71.9 Å². The Morgan fingerprint density at radius 2 is 2.33 bits per heavy atom. The lowest BCUT2D eigenvalue weighted by molar-refractivity contribution is -0.128. The summed E-state index contributed by atoms with van der Waals surface area (Å²) in [4.78, 5) is 23.8. The topological polar surface area (TPSA) is 49.4 Å². The minimum atomic E-state index is -0.129. The number of amides is 1. The van der Waals surface area contributed by atoms with Gasteiger partial charge >= 0.3 is 0 Å². The van der Waals surface area contributed by atoms with Crippen LogP contribution in [-0.2, 0) is 9.59 Å². The average Bonchev–Trinajstić information content (AvgIpc) is 2.03. The summed E-state index contributed by atoms with van der Waals surface area (Å²) in [5, 5.41) is 2.71. The molecule has 1 N–H and O–H groups in total. The van der Waals surface area contributed by atoms with E-state index in [1.807, 2.05) is 11.8 Å². The van der Waals surface area contributed by atoms with E-state index in [4.69, 9.17) is 0 Å². The summed E-state index contributed by atoms with van der Waals surface area (Å²) in [5.41, 5.74) is 0. The van der Waals surface area contributed by atoms with Gasteiger partial charge in [-0.05, 0) is 13.8 Å². The van der Waals surface area contributed by atoms with Crippen molar-refractivity contribution < 1.29 is 9.59 Å². The predicted molar refractivity (Wildman–Crippen MR) is 44.7 cm³/mol. The van der Waals surface area contributed by atoms with Gasteiger partial charge in [0.1, 0.15) is 5.78 Å². The molecule has 1 heterocycles. The molecule has 4 heteroatoms. The lowest BCUT2D eigenvalue weighted by Crippen LogP contribution is -2.52. The summed E-state index contributed by atoms with van der Waals surface area (Å²) in [6, 6.07) is -0.129. The van der Waals surface area contributed by atoms with Crippen LogP contribution in [0, 0.1) is 0 Å². The Bertz CT molecular complexity index is 201. The zero-order valence-corrected chi connectivity index (χ0v) is 7.46. The second-order valence-corrected chi connectivity index (χ2v) is 3.11. The van der Waals surface area contributed by atoms with Crippen LogP contribution in [0.4, 0.5) is 0 Å². The standard InChI is InChI=1S/C8H14N2O2/c1-6(7(2)11)10-4-3-9-8(12)5-10/h6H,3-5H2,1-2H3,(H,9,12). The van der Waals surface area contributed by atoms with Crippen molar-refractivity contribution in [3.8, 4) is 0 Å². The Hall–Kier alpha value is -0.900. The van der Waals surface area contributed by atoms with Crippen LogP contribution in [0.25, 0.3) is 0 Å². The van der Waals surface area contributed by atoms with Crippen molar-refractivity contribution in [1.82, 2.24) is 10.2 Å². The van der Waals surface area contributed by atoms with E-state index in [0.717, 1.165) is 6.54 Å². The third-order valence-electron chi connectivity index (χ3n) is 2.20. The average molecular weight is 170 g/mol. The first-order chi connectivity index (χ1) is 5.61. The molecule has 1 amide bonds. The van der Waals surface area contributed by atoms with Gasteiger partial charge in [-0.2, -0.15) is 0 Å². The van der Waals surface area contributed by atoms with Gasteiger partial charge in [0.2, 0.25) is 5.91 Å². The second kappa shape index (κ2) is 3.67. The Morgan fingerprint density at radius 3 is 2.83 bits per heavy atom. The smallest absolute Gasteiger partial charge is 0.234 e.